The van der Waals surface area contributed by atoms with Gasteiger partial charge in [-0.2, -0.15) is 15.1 Å². The summed E-state index contributed by atoms with van der Waals surface area (Å²) < 4.78 is 51.7. The minimum absolute atomic E-state index is 0.000170. The Labute approximate surface area is 260 Å². The summed E-state index contributed by atoms with van der Waals surface area (Å²) in [5, 5.41) is 19.5. The van der Waals surface area contributed by atoms with E-state index in [1.54, 1.807) is 12.3 Å². The van der Waals surface area contributed by atoms with E-state index in [1.807, 2.05) is 11.0 Å². The summed E-state index contributed by atoms with van der Waals surface area (Å²) in [4.78, 5) is 13.4. The van der Waals surface area contributed by atoms with Crippen LogP contribution in [0, 0.1) is 18.7 Å². The third-order valence-electron chi connectivity index (χ3n) is 10.8. The number of aryl methyl sites for hydroxylation is 1. The Morgan fingerprint density at radius 1 is 1.16 bits per heavy atom. The van der Waals surface area contributed by atoms with Gasteiger partial charge in [0, 0.05) is 35.8 Å². The molecule has 2 aromatic carbocycles. The summed E-state index contributed by atoms with van der Waals surface area (Å²) >= 11 is 0. The zero-order valence-corrected chi connectivity index (χ0v) is 25.8. The molecule has 3 saturated heterocycles. The van der Waals surface area contributed by atoms with Crippen molar-refractivity contribution in [1.29, 1.82) is 0 Å². The molecule has 45 heavy (non-hydrogen) atoms. The molecule has 1 aliphatic carbocycles. The van der Waals surface area contributed by atoms with Gasteiger partial charge in [-0.25, -0.2) is 13.2 Å². The SMILES string of the molecule is Cc1cc2[nH]ncc2c(-c2ccc3c(N4CCC[C@](O)(CF)C4)nc(OC[C@@]45CCCN4C[C@H](F)C5)nc3c2F)c1[C@H]1C[C@H]1C. The van der Waals surface area contributed by atoms with Crippen LogP contribution in [0.5, 0.6) is 6.01 Å². The first-order valence-electron chi connectivity index (χ1n) is 16.2. The predicted octanol–water partition coefficient (Wildman–Crippen LogP) is 6.00. The maximum atomic E-state index is 17.1. The molecule has 238 valence electrons. The van der Waals surface area contributed by atoms with Gasteiger partial charge < -0.3 is 14.7 Å². The fraction of sp³-hybridized carbons (Fsp3) is 0.559. The highest BCUT2D eigenvalue weighted by Gasteiger charge is 2.49. The number of aromatic amines is 1. The van der Waals surface area contributed by atoms with Crippen LogP contribution >= 0.6 is 0 Å². The minimum atomic E-state index is -1.51. The lowest BCUT2D eigenvalue weighted by Crippen LogP contribution is -2.50. The number of hydrogen-bond acceptors (Lipinski definition) is 7. The number of nitrogens with zero attached hydrogens (tertiary/aromatic N) is 5. The molecule has 5 atom stereocenters. The highest BCUT2D eigenvalue weighted by atomic mass is 19.1. The van der Waals surface area contributed by atoms with Gasteiger partial charge in [0.1, 0.15) is 36.4 Å². The maximum absolute atomic E-state index is 17.1. The van der Waals surface area contributed by atoms with Crippen molar-refractivity contribution in [2.45, 2.75) is 75.6 Å². The van der Waals surface area contributed by atoms with Crippen LogP contribution in [0.2, 0.25) is 0 Å². The number of aliphatic hydroxyl groups is 1. The van der Waals surface area contributed by atoms with Gasteiger partial charge in [-0.3, -0.25) is 10.00 Å². The molecule has 0 bridgehead atoms. The van der Waals surface area contributed by atoms with Crippen LogP contribution < -0.4 is 9.64 Å². The lowest BCUT2D eigenvalue weighted by molar-refractivity contribution is 0.00302. The average Bonchev–Trinajstić information content (AvgIpc) is 3.31. The summed E-state index contributed by atoms with van der Waals surface area (Å²) in [7, 11) is 0. The highest BCUT2D eigenvalue weighted by Crippen LogP contribution is 2.53. The van der Waals surface area contributed by atoms with E-state index < -0.39 is 29.8 Å². The topological polar surface area (TPSA) is 90.4 Å². The van der Waals surface area contributed by atoms with Crippen LogP contribution in [-0.4, -0.2) is 86.9 Å². The summed E-state index contributed by atoms with van der Waals surface area (Å²) in [6.45, 7) is 5.36. The van der Waals surface area contributed by atoms with E-state index in [-0.39, 0.29) is 24.7 Å². The molecule has 8 rings (SSSR count). The van der Waals surface area contributed by atoms with Crippen molar-refractivity contribution >= 4 is 27.6 Å². The zero-order valence-electron chi connectivity index (χ0n) is 25.8. The second kappa shape index (κ2) is 10.6. The lowest BCUT2D eigenvalue weighted by Gasteiger charge is -2.38. The molecule has 8 nitrogen and oxygen atoms in total. The third-order valence-corrected chi connectivity index (χ3v) is 10.8. The molecule has 11 heteroatoms. The summed E-state index contributed by atoms with van der Waals surface area (Å²) in [5.41, 5.74) is 2.47. The summed E-state index contributed by atoms with van der Waals surface area (Å²) in [6.07, 6.45) is 4.95. The second-order valence-corrected chi connectivity index (χ2v) is 14.0. The normalized spacial score (nSPS) is 30.0. The number of hydrogen-bond donors (Lipinski definition) is 2. The molecular weight excluding hydrogens is 581 g/mol. The van der Waals surface area contributed by atoms with E-state index in [9.17, 15) is 13.9 Å². The van der Waals surface area contributed by atoms with Crippen LogP contribution in [0.1, 0.15) is 62.5 Å². The van der Waals surface area contributed by atoms with Crippen molar-refractivity contribution in [3.63, 3.8) is 0 Å². The van der Waals surface area contributed by atoms with Gasteiger partial charge in [-0.05, 0) is 86.2 Å². The van der Waals surface area contributed by atoms with Gasteiger partial charge >= 0.3 is 6.01 Å². The Morgan fingerprint density at radius 3 is 2.78 bits per heavy atom. The predicted molar refractivity (Wildman–Crippen MR) is 167 cm³/mol. The number of fused-ring (bicyclic) bond motifs is 3. The van der Waals surface area contributed by atoms with E-state index in [0.29, 0.717) is 61.0 Å². The summed E-state index contributed by atoms with van der Waals surface area (Å²) in [5.74, 6) is 0.745. The number of aromatic nitrogens is 4. The molecule has 4 aromatic rings. The highest BCUT2D eigenvalue weighted by molar-refractivity contribution is 6.01. The molecule has 0 spiro atoms. The number of alkyl halides is 2. The molecule has 4 aliphatic rings. The molecule has 2 aromatic heterocycles. The molecule has 4 fully saturated rings. The lowest BCUT2D eigenvalue weighted by atomic mass is 9.88. The minimum Gasteiger partial charge on any atom is -0.461 e. The fourth-order valence-corrected chi connectivity index (χ4v) is 8.41. The Kier molecular flexibility index (Phi) is 6.80. The largest absolute Gasteiger partial charge is 0.461 e. The molecule has 3 aliphatic heterocycles. The van der Waals surface area contributed by atoms with Gasteiger partial charge in [-0.15, -0.1) is 0 Å². The smallest absolute Gasteiger partial charge is 0.319 e. The van der Waals surface area contributed by atoms with E-state index in [2.05, 4.69) is 40.0 Å². The van der Waals surface area contributed by atoms with Crippen molar-refractivity contribution < 1.29 is 23.0 Å². The maximum Gasteiger partial charge on any atom is 0.319 e. The average molecular weight is 621 g/mol. The van der Waals surface area contributed by atoms with E-state index in [0.717, 1.165) is 53.4 Å². The van der Waals surface area contributed by atoms with Crippen molar-refractivity contribution in [2.24, 2.45) is 5.92 Å². The number of ether oxygens (including phenoxy) is 1. The van der Waals surface area contributed by atoms with Crippen molar-refractivity contribution in [1.82, 2.24) is 25.1 Å². The molecule has 5 heterocycles. The van der Waals surface area contributed by atoms with Gasteiger partial charge in [0.05, 0.1) is 23.8 Å². The number of rotatable bonds is 7. The monoisotopic (exact) mass is 620 g/mol. The van der Waals surface area contributed by atoms with Gasteiger partial charge in [0.15, 0.2) is 5.82 Å². The number of nitrogens with one attached hydrogen (secondary N) is 1. The summed E-state index contributed by atoms with van der Waals surface area (Å²) in [6, 6.07) is 5.69. The van der Waals surface area contributed by atoms with Gasteiger partial charge in [0.2, 0.25) is 0 Å². The van der Waals surface area contributed by atoms with Crippen LogP contribution in [-0.2, 0) is 0 Å². The Bertz CT molecular complexity index is 1800. The van der Waals surface area contributed by atoms with E-state index >= 15 is 4.39 Å². The first-order valence-corrected chi connectivity index (χ1v) is 16.2. The van der Waals surface area contributed by atoms with Crippen LogP contribution in [0.3, 0.4) is 0 Å². The third kappa shape index (κ3) is 4.76. The number of anilines is 1. The van der Waals surface area contributed by atoms with Crippen molar-refractivity contribution in [3.8, 4) is 17.1 Å². The number of H-pyrrole nitrogens is 1. The van der Waals surface area contributed by atoms with Crippen molar-refractivity contribution in [3.05, 3.63) is 41.3 Å². The molecule has 2 N–H and O–H groups in total. The molecule has 0 radical (unpaired) electrons. The van der Waals surface area contributed by atoms with Gasteiger partial charge in [-0.1, -0.05) is 13.0 Å². The number of β-amino-alcohol motifs (C(OH)–C–C–N with tert-alkyl or cyclic N) is 1. The molecular formula is C34H39F3N6O2. The Morgan fingerprint density at radius 2 is 1.98 bits per heavy atom. The number of piperidine rings is 1. The standard InChI is InChI=1S/C34H39F3N6O2/c1-19-11-24(19)27-20(2)12-26-25(14-38-41-26)28(27)22-5-6-23-30(29(22)37)39-32(40-31(23)42-9-4-8-34(44,16-35)17-42)45-18-33-7-3-10-43(33)15-21(36)13-33/h5-6,12,14,19,21,24,44H,3-4,7-11,13,15-18H2,1-2H3,(H,38,41)/t19-,21-,24+,33+,34+/m1/s1. The van der Waals surface area contributed by atoms with Crippen molar-refractivity contribution in [2.75, 3.05) is 44.4 Å². The van der Waals surface area contributed by atoms with E-state index in [1.165, 1.54) is 0 Å². The first-order chi connectivity index (χ1) is 21.7. The zero-order chi connectivity index (χ0) is 31.1. The molecule has 0 unspecified atom stereocenters. The molecule has 0 amide bonds. The Balaban J connectivity index is 1.27. The second-order valence-electron chi connectivity index (χ2n) is 14.0. The quantitative estimate of drug-likeness (QED) is 0.262. The fourth-order valence-electron chi connectivity index (χ4n) is 8.41. The van der Waals surface area contributed by atoms with Crippen LogP contribution in [0.25, 0.3) is 32.9 Å². The Hall–Kier alpha value is -3.44. The van der Waals surface area contributed by atoms with E-state index in [4.69, 9.17) is 9.72 Å². The first kappa shape index (κ1) is 29.0. The van der Waals surface area contributed by atoms with Crippen LogP contribution in [0.4, 0.5) is 19.0 Å². The molecule has 1 saturated carbocycles. The van der Waals surface area contributed by atoms with Gasteiger partial charge in [0.25, 0.3) is 0 Å². The number of benzene rings is 2. The van der Waals surface area contributed by atoms with Crippen LogP contribution in [0.15, 0.2) is 24.4 Å². The number of halogens is 3.